The topological polar surface area (TPSA) is 70.1 Å². The fourth-order valence-electron chi connectivity index (χ4n) is 3.03. The van der Waals surface area contributed by atoms with Gasteiger partial charge in [-0.2, -0.15) is 15.0 Å². The van der Waals surface area contributed by atoms with Crippen molar-refractivity contribution in [2.45, 2.75) is 23.3 Å². The third kappa shape index (κ3) is 5.21. The van der Waals surface area contributed by atoms with Gasteiger partial charge >= 0.3 is 0 Å². The summed E-state index contributed by atoms with van der Waals surface area (Å²) in [5, 5.41) is 4.19. The number of hydrogen-bond acceptors (Lipinski definition) is 8. The van der Waals surface area contributed by atoms with E-state index < -0.39 is 0 Å². The molecule has 0 radical (unpaired) electrons. The van der Waals surface area contributed by atoms with E-state index in [1.807, 2.05) is 36.4 Å². The van der Waals surface area contributed by atoms with Gasteiger partial charge in [-0.05, 0) is 31.3 Å². The van der Waals surface area contributed by atoms with Gasteiger partial charge in [-0.25, -0.2) is 4.98 Å². The van der Waals surface area contributed by atoms with Gasteiger partial charge in [0.15, 0.2) is 0 Å². The van der Waals surface area contributed by atoms with Crippen LogP contribution in [0.4, 0.5) is 17.7 Å². The molecule has 7 nitrogen and oxygen atoms in total. The zero-order valence-corrected chi connectivity index (χ0v) is 17.6. The Balaban J connectivity index is 1.53. The number of benzene rings is 1. The predicted octanol–water partition coefficient (Wildman–Crippen LogP) is 3.48. The molecule has 3 heterocycles. The first kappa shape index (κ1) is 19.6. The molecule has 1 fully saturated rings. The monoisotopic (exact) mass is 407 g/mol. The molecule has 0 unspecified atom stereocenters. The molecule has 150 valence electrons. The van der Waals surface area contributed by atoms with Crippen molar-refractivity contribution in [3.63, 3.8) is 0 Å². The number of piperazine rings is 1. The fraction of sp³-hybridized carbons (Fsp3) is 0.333. The molecule has 2 aromatic heterocycles. The van der Waals surface area contributed by atoms with E-state index in [0.717, 1.165) is 60.1 Å². The summed E-state index contributed by atoms with van der Waals surface area (Å²) in [4.78, 5) is 24.3. The number of hydrogen-bond donors (Lipinski definition) is 1. The van der Waals surface area contributed by atoms with E-state index in [9.17, 15) is 0 Å². The van der Waals surface area contributed by atoms with Crippen LogP contribution < -0.4 is 10.2 Å². The summed E-state index contributed by atoms with van der Waals surface area (Å²) in [6.07, 6.45) is 0.759. The molecule has 1 N–H and O–H groups in total. The van der Waals surface area contributed by atoms with E-state index in [1.165, 1.54) is 0 Å². The number of aryl methyl sites for hydroxylation is 1. The lowest BCUT2D eigenvalue weighted by Gasteiger charge is -2.32. The highest BCUT2D eigenvalue weighted by atomic mass is 32.2. The van der Waals surface area contributed by atoms with Crippen molar-refractivity contribution >= 4 is 29.5 Å². The molecule has 0 aliphatic carbocycles. The summed E-state index contributed by atoms with van der Waals surface area (Å²) in [5.74, 6) is 2.79. The van der Waals surface area contributed by atoms with Gasteiger partial charge in [0.05, 0.1) is 0 Å². The van der Waals surface area contributed by atoms with Crippen molar-refractivity contribution in [2.24, 2.45) is 0 Å². The number of aromatic nitrogens is 4. The molecule has 0 amide bonds. The summed E-state index contributed by atoms with van der Waals surface area (Å²) in [6.45, 7) is 5.92. The molecule has 1 aliphatic heterocycles. The normalized spacial score (nSPS) is 14.8. The van der Waals surface area contributed by atoms with Crippen LogP contribution in [0.25, 0.3) is 0 Å². The Kier molecular flexibility index (Phi) is 6.21. The minimum absolute atomic E-state index is 0.542. The predicted molar refractivity (Wildman–Crippen MR) is 117 cm³/mol. The van der Waals surface area contributed by atoms with Crippen LogP contribution in [0.15, 0.2) is 58.5 Å². The number of likely N-dealkylation sites (N-methyl/N-ethyl adjacent to an activating group) is 1. The van der Waals surface area contributed by atoms with Crippen molar-refractivity contribution in [1.82, 2.24) is 24.8 Å². The molecule has 1 saturated heterocycles. The Bertz CT molecular complexity index is 943. The van der Waals surface area contributed by atoms with Crippen LogP contribution in [0.3, 0.4) is 0 Å². The average molecular weight is 408 g/mol. The van der Waals surface area contributed by atoms with Gasteiger partial charge in [0.25, 0.3) is 0 Å². The maximum absolute atomic E-state index is 4.70. The zero-order valence-electron chi connectivity index (χ0n) is 16.7. The number of nitrogens with one attached hydrogen (secondary N) is 1. The van der Waals surface area contributed by atoms with Gasteiger partial charge in [0, 0.05) is 37.5 Å². The highest BCUT2D eigenvalue weighted by molar-refractivity contribution is 7.99. The number of nitrogens with zero attached hydrogens (tertiary/aromatic N) is 6. The fourth-order valence-corrected chi connectivity index (χ4v) is 3.86. The van der Waals surface area contributed by atoms with Crippen LogP contribution in [0.2, 0.25) is 0 Å². The zero-order chi connectivity index (χ0) is 20.1. The number of anilines is 3. The molecule has 4 rings (SSSR count). The van der Waals surface area contributed by atoms with E-state index in [-0.39, 0.29) is 0 Å². The van der Waals surface area contributed by atoms with Gasteiger partial charge in [-0.1, -0.05) is 43.0 Å². The van der Waals surface area contributed by atoms with Crippen LogP contribution in [0.5, 0.6) is 0 Å². The van der Waals surface area contributed by atoms with E-state index in [4.69, 9.17) is 4.98 Å². The van der Waals surface area contributed by atoms with E-state index in [1.54, 1.807) is 11.8 Å². The highest BCUT2D eigenvalue weighted by Gasteiger charge is 2.18. The van der Waals surface area contributed by atoms with Crippen LogP contribution in [0.1, 0.15) is 12.7 Å². The molecule has 0 atom stereocenters. The quantitative estimate of drug-likeness (QED) is 0.666. The van der Waals surface area contributed by atoms with Crippen molar-refractivity contribution in [1.29, 1.82) is 0 Å². The molecule has 0 bridgehead atoms. The minimum Gasteiger partial charge on any atom is -0.338 e. The average Bonchev–Trinajstić information content (AvgIpc) is 2.75. The second-order valence-electron chi connectivity index (χ2n) is 6.92. The smallest absolute Gasteiger partial charge is 0.233 e. The lowest BCUT2D eigenvalue weighted by Crippen LogP contribution is -2.45. The van der Waals surface area contributed by atoms with Gasteiger partial charge in [-0.15, -0.1) is 0 Å². The first-order chi connectivity index (χ1) is 14.2. The lowest BCUT2D eigenvalue weighted by molar-refractivity contribution is 0.311. The standard InChI is InChI=1S/C21H25N7S/c1-3-17-23-20(26-21(25-17)28-14-12-27(2)13-15-28)24-18-10-7-11-19(22-18)29-16-8-5-4-6-9-16/h4-11H,3,12-15H2,1-2H3,(H,22,23,24,25,26). The van der Waals surface area contributed by atoms with Crippen LogP contribution in [0, 0.1) is 0 Å². The van der Waals surface area contributed by atoms with Crippen molar-refractivity contribution in [3.8, 4) is 0 Å². The molecule has 8 heteroatoms. The van der Waals surface area contributed by atoms with Crippen LogP contribution in [-0.4, -0.2) is 58.1 Å². The first-order valence-corrected chi connectivity index (χ1v) is 10.7. The SMILES string of the molecule is CCc1nc(Nc2cccc(Sc3ccccc3)n2)nc(N2CCN(C)CC2)n1. The Morgan fingerprint density at radius 2 is 1.69 bits per heavy atom. The van der Waals surface area contributed by atoms with Crippen LogP contribution in [-0.2, 0) is 6.42 Å². The maximum atomic E-state index is 4.70. The third-order valence-electron chi connectivity index (χ3n) is 4.70. The summed E-state index contributed by atoms with van der Waals surface area (Å²) < 4.78 is 0. The van der Waals surface area contributed by atoms with E-state index in [2.05, 4.69) is 56.2 Å². The largest absolute Gasteiger partial charge is 0.338 e. The molecule has 3 aromatic rings. The van der Waals surface area contributed by atoms with E-state index >= 15 is 0 Å². The van der Waals surface area contributed by atoms with Gasteiger partial charge in [0.1, 0.15) is 16.7 Å². The Morgan fingerprint density at radius 1 is 0.897 bits per heavy atom. The highest BCUT2D eigenvalue weighted by Crippen LogP contribution is 2.27. The molecule has 0 spiro atoms. The van der Waals surface area contributed by atoms with E-state index in [0.29, 0.717) is 5.95 Å². The number of pyridine rings is 1. The third-order valence-corrected chi connectivity index (χ3v) is 5.65. The Hall–Kier alpha value is -2.71. The van der Waals surface area contributed by atoms with Gasteiger partial charge in [-0.3, -0.25) is 0 Å². The van der Waals surface area contributed by atoms with Crippen molar-refractivity contribution in [3.05, 3.63) is 54.4 Å². The summed E-state index contributed by atoms with van der Waals surface area (Å²) >= 11 is 1.63. The van der Waals surface area contributed by atoms with Crippen LogP contribution >= 0.6 is 11.8 Å². The van der Waals surface area contributed by atoms with Crippen molar-refractivity contribution < 1.29 is 0 Å². The first-order valence-electron chi connectivity index (χ1n) is 9.85. The van der Waals surface area contributed by atoms with Gasteiger partial charge < -0.3 is 15.1 Å². The Labute approximate surface area is 175 Å². The van der Waals surface area contributed by atoms with Gasteiger partial charge in [0.2, 0.25) is 11.9 Å². The molecule has 0 saturated carbocycles. The lowest BCUT2D eigenvalue weighted by atomic mass is 10.3. The second kappa shape index (κ2) is 9.19. The second-order valence-corrected chi connectivity index (χ2v) is 8.01. The molecular formula is C21H25N7S. The minimum atomic E-state index is 0.542. The Morgan fingerprint density at radius 3 is 2.45 bits per heavy atom. The maximum Gasteiger partial charge on any atom is 0.233 e. The summed E-state index contributed by atoms with van der Waals surface area (Å²) in [6, 6.07) is 16.2. The molecule has 1 aromatic carbocycles. The molecular weight excluding hydrogens is 382 g/mol. The number of rotatable bonds is 6. The summed E-state index contributed by atoms with van der Waals surface area (Å²) in [7, 11) is 2.14. The molecule has 1 aliphatic rings. The summed E-state index contributed by atoms with van der Waals surface area (Å²) in [5.41, 5.74) is 0. The molecule has 29 heavy (non-hydrogen) atoms. The van der Waals surface area contributed by atoms with Crippen molar-refractivity contribution in [2.75, 3.05) is 43.4 Å².